The second-order valence-electron chi connectivity index (χ2n) is 5.28. The number of hydrogen-bond donors (Lipinski definition) is 1. The summed E-state index contributed by atoms with van der Waals surface area (Å²) in [5.41, 5.74) is 0.319. The van der Waals surface area contributed by atoms with Gasteiger partial charge in [0.25, 0.3) is 15.6 Å². The highest BCUT2D eigenvalue weighted by Crippen LogP contribution is 2.20. The Labute approximate surface area is 144 Å². The molecule has 2 heterocycles. The molecule has 25 heavy (non-hydrogen) atoms. The summed E-state index contributed by atoms with van der Waals surface area (Å²) in [5, 5.41) is 3.97. The SMILES string of the molecule is CCOc1ccc(NS(=O)(=O)c2cc3c(=O)n(CC)ncn3c2)cc1. The number of fused-ring (bicyclic) bond motifs is 1. The van der Waals surface area contributed by atoms with E-state index in [9.17, 15) is 13.2 Å². The molecule has 0 aliphatic rings. The third kappa shape index (κ3) is 3.36. The van der Waals surface area contributed by atoms with Gasteiger partial charge in [0.05, 0.1) is 6.61 Å². The van der Waals surface area contributed by atoms with Gasteiger partial charge in [-0.25, -0.2) is 13.1 Å². The van der Waals surface area contributed by atoms with E-state index in [4.69, 9.17) is 4.74 Å². The lowest BCUT2D eigenvalue weighted by Gasteiger charge is -2.07. The van der Waals surface area contributed by atoms with Crippen molar-refractivity contribution in [1.29, 1.82) is 0 Å². The van der Waals surface area contributed by atoms with Gasteiger partial charge in [-0.1, -0.05) is 0 Å². The number of nitrogens with one attached hydrogen (secondary N) is 1. The van der Waals surface area contributed by atoms with Crippen LogP contribution in [0.15, 0.2) is 52.5 Å². The highest BCUT2D eigenvalue weighted by atomic mass is 32.2. The molecule has 9 heteroatoms. The molecule has 3 rings (SSSR count). The molecule has 1 N–H and O–H groups in total. The molecule has 0 saturated heterocycles. The molecule has 0 bridgehead atoms. The molecule has 0 aliphatic heterocycles. The van der Waals surface area contributed by atoms with E-state index < -0.39 is 10.0 Å². The number of rotatable bonds is 6. The first-order valence-electron chi connectivity index (χ1n) is 7.78. The zero-order valence-corrected chi connectivity index (χ0v) is 14.7. The third-order valence-electron chi connectivity index (χ3n) is 3.62. The summed E-state index contributed by atoms with van der Waals surface area (Å²) < 4.78 is 35.6. The maximum Gasteiger partial charge on any atom is 0.291 e. The smallest absolute Gasteiger partial charge is 0.291 e. The first-order chi connectivity index (χ1) is 11.9. The molecule has 0 unspecified atom stereocenters. The lowest BCUT2D eigenvalue weighted by Crippen LogP contribution is -2.23. The zero-order chi connectivity index (χ0) is 18.0. The van der Waals surface area contributed by atoms with E-state index in [0.29, 0.717) is 24.6 Å². The minimum absolute atomic E-state index is 0.00543. The Morgan fingerprint density at radius 1 is 1.20 bits per heavy atom. The Morgan fingerprint density at radius 2 is 1.92 bits per heavy atom. The fraction of sp³-hybridized carbons (Fsp3) is 0.250. The molecule has 0 spiro atoms. The van der Waals surface area contributed by atoms with Crippen LogP contribution in [0, 0.1) is 0 Å². The van der Waals surface area contributed by atoms with E-state index in [-0.39, 0.29) is 16.0 Å². The van der Waals surface area contributed by atoms with Crippen LogP contribution in [0.3, 0.4) is 0 Å². The van der Waals surface area contributed by atoms with Crippen molar-refractivity contribution in [3.8, 4) is 5.75 Å². The van der Waals surface area contributed by atoms with Crippen molar-refractivity contribution in [2.24, 2.45) is 0 Å². The Bertz CT molecular complexity index is 1050. The van der Waals surface area contributed by atoms with Gasteiger partial charge in [0.2, 0.25) is 0 Å². The maximum absolute atomic E-state index is 12.6. The molecule has 0 atom stereocenters. The van der Waals surface area contributed by atoms with Gasteiger partial charge in [-0.3, -0.25) is 13.9 Å². The van der Waals surface area contributed by atoms with Gasteiger partial charge in [0.1, 0.15) is 22.5 Å². The molecule has 0 saturated carbocycles. The van der Waals surface area contributed by atoms with Crippen LogP contribution in [-0.2, 0) is 16.6 Å². The fourth-order valence-electron chi connectivity index (χ4n) is 2.40. The number of aryl methyl sites for hydroxylation is 1. The quantitative estimate of drug-likeness (QED) is 0.720. The van der Waals surface area contributed by atoms with Gasteiger partial charge in [0.15, 0.2) is 0 Å². The number of ether oxygens (including phenoxy) is 1. The van der Waals surface area contributed by atoms with Crippen LogP contribution in [-0.4, -0.2) is 29.2 Å². The summed E-state index contributed by atoms with van der Waals surface area (Å²) in [7, 11) is -3.82. The molecule has 0 amide bonds. The normalized spacial score (nSPS) is 11.6. The average Bonchev–Trinajstić information content (AvgIpc) is 3.03. The lowest BCUT2D eigenvalue weighted by atomic mass is 10.3. The second-order valence-corrected chi connectivity index (χ2v) is 6.97. The van der Waals surface area contributed by atoms with Crippen molar-refractivity contribution in [1.82, 2.24) is 14.2 Å². The van der Waals surface area contributed by atoms with Crippen molar-refractivity contribution in [2.45, 2.75) is 25.3 Å². The highest BCUT2D eigenvalue weighted by Gasteiger charge is 2.18. The minimum atomic E-state index is -3.82. The predicted octanol–water partition coefficient (Wildman–Crippen LogP) is 1.72. The number of nitrogens with zero attached hydrogens (tertiary/aromatic N) is 3. The average molecular weight is 362 g/mol. The fourth-order valence-corrected chi connectivity index (χ4v) is 3.48. The molecular formula is C16H18N4O4S. The maximum atomic E-state index is 12.6. The highest BCUT2D eigenvalue weighted by molar-refractivity contribution is 7.92. The van der Waals surface area contributed by atoms with Crippen molar-refractivity contribution < 1.29 is 13.2 Å². The Hall–Kier alpha value is -2.81. The number of hydrogen-bond acceptors (Lipinski definition) is 5. The van der Waals surface area contributed by atoms with Crippen LogP contribution in [0.1, 0.15) is 13.8 Å². The predicted molar refractivity (Wildman–Crippen MR) is 93.5 cm³/mol. The lowest BCUT2D eigenvalue weighted by molar-refractivity contribution is 0.340. The van der Waals surface area contributed by atoms with Gasteiger partial charge < -0.3 is 4.74 Å². The summed E-state index contributed by atoms with van der Waals surface area (Å²) in [4.78, 5) is 12.2. The van der Waals surface area contributed by atoms with Gasteiger partial charge in [-0.05, 0) is 44.2 Å². The minimum Gasteiger partial charge on any atom is -0.494 e. The third-order valence-corrected chi connectivity index (χ3v) is 4.97. The van der Waals surface area contributed by atoms with Crippen LogP contribution in [0.2, 0.25) is 0 Å². The molecular weight excluding hydrogens is 344 g/mol. The van der Waals surface area contributed by atoms with Crippen LogP contribution < -0.4 is 15.0 Å². The van der Waals surface area contributed by atoms with E-state index in [1.165, 1.54) is 27.7 Å². The van der Waals surface area contributed by atoms with Crippen molar-refractivity contribution in [2.75, 3.05) is 11.3 Å². The number of benzene rings is 1. The standard InChI is InChI=1S/C16H18N4O4S/c1-3-20-16(21)15-9-14(10-19(15)11-17-20)25(22,23)18-12-5-7-13(8-6-12)24-4-2/h5-11,18H,3-4H2,1-2H3. The van der Waals surface area contributed by atoms with E-state index >= 15 is 0 Å². The van der Waals surface area contributed by atoms with Gasteiger partial charge in [-0.2, -0.15) is 5.10 Å². The van der Waals surface area contributed by atoms with Crippen molar-refractivity contribution in [3.63, 3.8) is 0 Å². The first-order valence-corrected chi connectivity index (χ1v) is 9.26. The Kier molecular flexibility index (Phi) is 4.49. The van der Waals surface area contributed by atoms with Crippen LogP contribution in [0.25, 0.3) is 5.52 Å². The van der Waals surface area contributed by atoms with Gasteiger partial charge >= 0.3 is 0 Å². The van der Waals surface area contributed by atoms with Crippen LogP contribution >= 0.6 is 0 Å². The number of anilines is 1. The molecule has 0 radical (unpaired) electrons. The molecule has 0 fully saturated rings. The number of sulfonamides is 1. The summed E-state index contributed by atoms with van der Waals surface area (Å²) in [6, 6.07) is 7.93. The van der Waals surface area contributed by atoms with Crippen molar-refractivity contribution in [3.05, 3.63) is 53.2 Å². The second kappa shape index (κ2) is 6.60. The Balaban J connectivity index is 1.93. The largest absolute Gasteiger partial charge is 0.494 e. The molecule has 2 aromatic heterocycles. The van der Waals surface area contributed by atoms with E-state index in [1.54, 1.807) is 31.2 Å². The number of aromatic nitrogens is 3. The molecule has 1 aromatic carbocycles. The van der Waals surface area contributed by atoms with E-state index in [2.05, 4.69) is 9.82 Å². The summed E-state index contributed by atoms with van der Waals surface area (Å²) in [6.07, 6.45) is 2.77. The first kappa shape index (κ1) is 17.0. The summed E-state index contributed by atoms with van der Waals surface area (Å²) >= 11 is 0. The molecule has 8 nitrogen and oxygen atoms in total. The zero-order valence-electron chi connectivity index (χ0n) is 13.8. The molecule has 0 aliphatic carbocycles. The molecule has 132 valence electrons. The van der Waals surface area contributed by atoms with Gasteiger partial charge in [-0.15, -0.1) is 0 Å². The topological polar surface area (TPSA) is 94.7 Å². The monoisotopic (exact) mass is 362 g/mol. The summed E-state index contributed by atoms with van der Waals surface area (Å²) in [6.45, 7) is 4.60. The Morgan fingerprint density at radius 3 is 2.56 bits per heavy atom. The molecule has 3 aromatic rings. The van der Waals surface area contributed by atoms with E-state index in [1.807, 2.05) is 6.92 Å². The van der Waals surface area contributed by atoms with E-state index in [0.717, 1.165) is 0 Å². The van der Waals surface area contributed by atoms with Gasteiger partial charge in [0, 0.05) is 18.4 Å². The van der Waals surface area contributed by atoms with Crippen LogP contribution in [0.5, 0.6) is 5.75 Å². The van der Waals surface area contributed by atoms with Crippen molar-refractivity contribution >= 4 is 21.2 Å². The van der Waals surface area contributed by atoms with Crippen LogP contribution in [0.4, 0.5) is 5.69 Å². The summed E-state index contributed by atoms with van der Waals surface area (Å²) in [5.74, 6) is 0.659.